The maximum Gasteiger partial charge on any atom is 0.426 e. The predicted molar refractivity (Wildman–Crippen MR) is 22.0 cm³/mol. The molecule has 1 unspecified atom stereocenters. The average molecular weight is 180 g/mol. The molecule has 0 spiro atoms. The quantitative estimate of drug-likeness (QED) is 0.467. The Morgan fingerprint density at radius 3 is 1.55 bits per heavy atom. The second-order valence-corrected chi connectivity index (χ2v) is 1.70. The topological polar surface area (TPSA) is 17.1 Å². The van der Waals surface area contributed by atoms with Crippen LogP contribution < -0.4 is 0 Å². The molecule has 0 aliphatic heterocycles. The Morgan fingerprint density at radius 1 is 1.09 bits per heavy atom. The van der Waals surface area contributed by atoms with Crippen molar-refractivity contribution in [3.8, 4) is 0 Å². The molecule has 0 aromatic heterocycles. The van der Waals surface area contributed by atoms with Gasteiger partial charge in [-0.1, -0.05) is 0 Å². The van der Waals surface area contributed by atoms with E-state index >= 15 is 0 Å². The van der Waals surface area contributed by atoms with Crippen LogP contribution in [-0.4, -0.2) is 24.6 Å². The number of rotatable bonds is 2. The van der Waals surface area contributed by atoms with Crippen LogP contribution in [0.4, 0.5) is 26.3 Å². The standard InChI is InChI=1S/C4H2F6O/c5-2(4(8,9)10)3(6,7)1-11/h1-2H. The molecule has 1 atom stereocenters. The zero-order valence-corrected chi connectivity index (χ0v) is 4.83. The van der Waals surface area contributed by atoms with E-state index in [1.165, 1.54) is 0 Å². The number of carbonyl (C=O) groups is 1. The van der Waals surface area contributed by atoms with Gasteiger partial charge in [0.2, 0.25) is 0 Å². The molecule has 0 rings (SSSR count). The smallest absolute Gasteiger partial charge is 0.297 e. The van der Waals surface area contributed by atoms with Gasteiger partial charge >= 0.3 is 12.1 Å². The van der Waals surface area contributed by atoms with Crippen LogP contribution in [0.2, 0.25) is 0 Å². The minimum absolute atomic E-state index is 1.37. The highest BCUT2D eigenvalue weighted by Gasteiger charge is 2.56. The Labute approximate surface area is 57.0 Å². The fourth-order valence-corrected chi connectivity index (χ4v) is 0.278. The summed E-state index contributed by atoms with van der Waals surface area (Å²) in [4.78, 5) is 9.22. The van der Waals surface area contributed by atoms with Crippen molar-refractivity contribution in [1.29, 1.82) is 0 Å². The molecule has 66 valence electrons. The maximum atomic E-state index is 11.6. The van der Waals surface area contributed by atoms with Gasteiger partial charge in [-0.2, -0.15) is 22.0 Å². The first-order valence-electron chi connectivity index (χ1n) is 2.26. The third-order valence-electron chi connectivity index (χ3n) is 0.782. The molecule has 0 fully saturated rings. The zero-order chi connectivity index (χ0) is 9.28. The molecule has 0 saturated heterocycles. The van der Waals surface area contributed by atoms with E-state index < -0.39 is 24.6 Å². The van der Waals surface area contributed by atoms with Crippen LogP contribution in [0.15, 0.2) is 0 Å². The molecule has 0 aliphatic rings. The summed E-state index contributed by atoms with van der Waals surface area (Å²) in [6, 6.07) is 0. The Morgan fingerprint density at radius 2 is 1.45 bits per heavy atom. The van der Waals surface area contributed by atoms with Crippen molar-refractivity contribution in [2.45, 2.75) is 18.3 Å². The first-order valence-corrected chi connectivity index (χ1v) is 2.26. The second-order valence-electron chi connectivity index (χ2n) is 1.70. The van der Waals surface area contributed by atoms with Crippen LogP contribution in [0.1, 0.15) is 0 Å². The largest absolute Gasteiger partial charge is 0.426 e. The highest BCUT2D eigenvalue weighted by Crippen LogP contribution is 2.33. The van der Waals surface area contributed by atoms with Crippen LogP contribution in [0, 0.1) is 0 Å². The second kappa shape index (κ2) is 2.71. The van der Waals surface area contributed by atoms with Crippen molar-refractivity contribution in [2.24, 2.45) is 0 Å². The highest BCUT2D eigenvalue weighted by molar-refractivity contribution is 5.60. The lowest BCUT2D eigenvalue weighted by atomic mass is 10.2. The van der Waals surface area contributed by atoms with Crippen LogP contribution in [0.25, 0.3) is 0 Å². The molecule has 0 heterocycles. The number of aldehydes is 1. The summed E-state index contributed by atoms with van der Waals surface area (Å²) < 4.78 is 68.1. The average Bonchev–Trinajstić information content (AvgIpc) is 1.84. The van der Waals surface area contributed by atoms with Crippen molar-refractivity contribution >= 4 is 6.29 Å². The minimum atomic E-state index is -5.70. The number of halogens is 6. The molecular formula is C4H2F6O. The summed E-state index contributed by atoms with van der Waals surface area (Å²) in [5.41, 5.74) is 0. The van der Waals surface area contributed by atoms with Crippen molar-refractivity contribution in [2.75, 3.05) is 0 Å². The van der Waals surface area contributed by atoms with Gasteiger partial charge in [0.15, 0.2) is 6.29 Å². The minimum Gasteiger partial charge on any atom is -0.297 e. The van der Waals surface area contributed by atoms with E-state index in [-0.39, 0.29) is 0 Å². The first kappa shape index (κ1) is 10.2. The van der Waals surface area contributed by atoms with Gasteiger partial charge < -0.3 is 0 Å². The van der Waals surface area contributed by atoms with Gasteiger partial charge in [0.05, 0.1) is 0 Å². The monoisotopic (exact) mass is 180 g/mol. The first-order chi connectivity index (χ1) is 4.72. The van der Waals surface area contributed by atoms with Crippen molar-refractivity contribution < 1.29 is 31.1 Å². The van der Waals surface area contributed by atoms with E-state index in [4.69, 9.17) is 0 Å². The normalized spacial score (nSPS) is 16.2. The summed E-state index contributed by atoms with van der Waals surface area (Å²) in [5.74, 6) is -4.99. The Kier molecular flexibility index (Phi) is 2.52. The van der Waals surface area contributed by atoms with Crippen LogP contribution in [0.5, 0.6) is 0 Å². The summed E-state index contributed by atoms with van der Waals surface area (Å²) >= 11 is 0. The van der Waals surface area contributed by atoms with Gasteiger partial charge in [-0.05, 0) is 0 Å². The molecule has 0 N–H and O–H groups in total. The molecule has 0 radical (unpaired) electrons. The summed E-state index contributed by atoms with van der Waals surface area (Å²) in [6.45, 7) is 0. The summed E-state index contributed by atoms with van der Waals surface area (Å²) in [7, 11) is 0. The molecule has 11 heavy (non-hydrogen) atoms. The van der Waals surface area contributed by atoms with E-state index in [1.54, 1.807) is 0 Å². The Hall–Kier alpha value is -0.750. The Bertz CT molecular complexity index is 149. The van der Waals surface area contributed by atoms with Gasteiger partial charge in [0.1, 0.15) is 0 Å². The van der Waals surface area contributed by atoms with Crippen molar-refractivity contribution in [3.63, 3.8) is 0 Å². The molecule has 7 heteroatoms. The number of hydrogen-bond acceptors (Lipinski definition) is 1. The summed E-state index contributed by atoms with van der Waals surface area (Å²) in [6.07, 6.45) is -11.5. The van der Waals surface area contributed by atoms with E-state index in [0.717, 1.165) is 0 Å². The molecule has 0 aliphatic carbocycles. The number of alkyl halides is 6. The van der Waals surface area contributed by atoms with Gasteiger partial charge in [0, 0.05) is 0 Å². The van der Waals surface area contributed by atoms with Gasteiger partial charge in [0.25, 0.3) is 6.17 Å². The van der Waals surface area contributed by atoms with Crippen LogP contribution in [0.3, 0.4) is 0 Å². The van der Waals surface area contributed by atoms with E-state index in [9.17, 15) is 31.1 Å². The van der Waals surface area contributed by atoms with E-state index in [0.29, 0.717) is 0 Å². The lowest BCUT2D eigenvalue weighted by Gasteiger charge is -2.16. The van der Waals surface area contributed by atoms with Crippen molar-refractivity contribution in [1.82, 2.24) is 0 Å². The van der Waals surface area contributed by atoms with Gasteiger partial charge in [-0.25, -0.2) is 4.39 Å². The lowest BCUT2D eigenvalue weighted by molar-refractivity contribution is -0.235. The molecule has 0 amide bonds. The molecule has 1 nitrogen and oxygen atoms in total. The van der Waals surface area contributed by atoms with Gasteiger partial charge in [-0.3, -0.25) is 4.79 Å². The van der Waals surface area contributed by atoms with Crippen LogP contribution >= 0.6 is 0 Å². The van der Waals surface area contributed by atoms with Crippen LogP contribution in [-0.2, 0) is 4.79 Å². The Balaban J connectivity index is 4.48. The maximum absolute atomic E-state index is 11.6. The van der Waals surface area contributed by atoms with E-state index in [2.05, 4.69) is 0 Å². The fourth-order valence-electron chi connectivity index (χ4n) is 0.278. The SMILES string of the molecule is O=CC(F)(F)C(F)C(F)(F)F. The molecular weight excluding hydrogens is 178 g/mol. The predicted octanol–water partition coefficient (Wildman–Crippen LogP) is 1.72. The van der Waals surface area contributed by atoms with Gasteiger partial charge in [-0.15, -0.1) is 0 Å². The highest BCUT2D eigenvalue weighted by atomic mass is 19.4. The third-order valence-corrected chi connectivity index (χ3v) is 0.782. The summed E-state index contributed by atoms with van der Waals surface area (Å²) in [5, 5.41) is 0. The number of hydrogen-bond donors (Lipinski definition) is 0. The molecule has 0 aromatic rings. The molecule has 0 bridgehead atoms. The number of carbonyl (C=O) groups excluding carboxylic acids is 1. The molecule has 0 aromatic carbocycles. The molecule has 0 saturated carbocycles. The third kappa shape index (κ3) is 2.39. The fraction of sp³-hybridized carbons (Fsp3) is 0.750. The van der Waals surface area contributed by atoms with E-state index in [1.807, 2.05) is 0 Å². The lowest BCUT2D eigenvalue weighted by Crippen LogP contribution is -2.42. The van der Waals surface area contributed by atoms with Crippen molar-refractivity contribution in [3.05, 3.63) is 0 Å². The zero-order valence-electron chi connectivity index (χ0n) is 4.83.